The molecule has 4 rings (SSSR count). The van der Waals surface area contributed by atoms with Gasteiger partial charge in [0.2, 0.25) is 5.82 Å². The van der Waals surface area contributed by atoms with Crippen LogP contribution in [0.1, 0.15) is 54.3 Å². The van der Waals surface area contributed by atoms with E-state index in [0.717, 1.165) is 34.4 Å². The summed E-state index contributed by atoms with van der Waals surface area (Å²) in [6.45, 7) is 6.13. The van der Waals surface area contributed by atoms with Crippen molar-refractivity contribution in [2.24, 2.45) is 0 Å². The third-order valence-electron chi connectivity index (χ3n) is 5.67. The van der Waals surface area contributed by atoms with Crippen molar-refractivity contribution in [1.29, 1.82) is 0 Å². The fourth-order valence-corrected chi connectivity index (χ4v) is 3.80. The molecule has 36 heavy (non-hydrogen) atoms. The summed E-state index contributed by atoms with van der Waals surface area (Å²) in [5.41, 5.74) is 3.33. The molecule has 0 saturated heterocycles. The molecule has 2 heterocycles. The van der Waals surface area contributed by atoms with Gasteiger partial charge in [-0.2, -0.15) is 0 Å². The predicted molar refractivity (Wildman–Crippen MR) is 139 cm³/mol. The van der Waals surface area contributed by atoms with E-state index in [0.29, 0.717) is 31.1 Å². The Morgan fingerprint density at radius 2 is 1.92 bits per heavy atom. The molecule has 0 saturated carbocycles. The number of amides is 1. The molecule has 8 heteroatoms. The molecule has 0 aliphatic heterocycles. The molecule has 0 spiro atoms. The molecule has 4 aromatic rings. The van der Waals surface area contributed by atoms with Crippen LogP contribution in [0.2, 0.25) is 0 Å². The molecule has 0 aliphatic carbocycles. The smallest absolute Gasteiger partial charge is 0.296 e. The minimum Gasteiger partial charge on any atom is -0.494 e. The van der Waals surface area contributed by atoms with Crippen LogP contribution < -0.4 is 10.1 Å². The minimum atomic E-state index is -0.700. The van der Waals surface area contributed by atoms with Gasteiger partial charge in [-0.3, -0.25) is 9.89 Å². The number of aliphatic hydroxyl groups is 1. The molecule has 1 amide bonds. The normalized spacial score (nSPS) is 11.3. The lowest BCUT2D eigenvalue weighted by Crippen LogP contribution is -2.19. The number of hydrogen-bond donors (Lipinski definition) is 3. The number of nitrogens with one attached hydrogen (secondary N) is 2. The van der Waals surface area contributed by atoms with Gasteiger partial charge in [-0.05, 0) is 80.1 Å². The molecule has 0 unspecified atom stereocenters. The van der Waals surface area contributed by atoms with E-state index < -0.39 is 11.5 Å². The fraction of sp³-hybridized carbons (Fsp3) is 0.286. The van der Waals surface area contributed by atoms with Crippen molar-refractivity contribution in [3.05, 3.63) is 89.6 Å². The minimum absolute atomic E-state index is 0.0609. The molecule has 0 aliphatic rings. The summed E-state index contributed by atoms with van der Waals surface area (Å²) in [6, 6.07) is 19.5. The average Bonchev–Trinajstić information content (AvgIpc) is 3.32. The van der Waals surface area contributed by atoms with Crippen molar-refractivity contribution in [2.75, 3.05) is 11.9 Å². The number of hydrogen-bond acceptors (Lipinski definition) is 6. The van der Waals surface area contributed by atoms with Crippen LogP contribution in [0.25, 0.3) is 11.1 Å². The van der Waals surface area contributed by atoms with Gasteiger partial charge in [-0.1, -0.05) is 36.4 Å². The molecule has 3 N–H and O–H groups in total. The predicted octanol–water partition coefficient (Wildman–Crippen LogP) is 4.95. The summed E-state index contributed by atoms with van der Waals surface area (Å²) in [6.07, 6.45) is 3.63. The summed E-state index contributed by atoms with van der Waals surface area (Å²) < 4.78 is 5.90. The van der Waals surface area contributed by atoms with E-state index in [4.69, 9.17) is 4.74 Å². The maximum Gasteiger partial charge on any atom is 0.296 e. The van der Waals surface area contributed by atoms with Gasteiger partial charge in [0.15, 0.2) is 0 Å². The van der Waals surface area contributed by atoms with E-state index in [1.54, 1.807) is 20.0 Å². The third-order valence-corrected chi connectivity index (χ3v) is 5.67. The molecular formula is C28H31N5O3. The maximum absolute atomic E-state index is 12.7. The van der Waals surface area contributed by atoms with Gasteiger partial charge in [0, 0.05) is 12.6 Å². The lowest BCUT2D eigenvalue weighted by atomic mass is 10.0. The van der Waals surface area contributed by atoms with Gasteiger partial charge < -0.3 is 15.2 Å². The standard InChI is InChI=1S/C28H31N5O3/c1-19-10-11-22(36-15-7-13-28(2,3)35)18-23(19)21-12-14-29-24(17-21)31-27(34)26-30-25(32-33-26)16-20-8-5-4-6-9-20/h4-6,8-12,14,17-18,35H,7,13,15-16H2,1-3H3,(H,29,31,34)(H,30,32,33). The number of nitrogens with zero attached hydrogens (tertiary/aromatic N) is 3. The van der Waals surface area contributed by atoms with E-state index in [1.165, 1.54) is 0 Å². The Morgan fingerprint density at radius 3 is 2.69 bits per heavy atom. The Labute approximate surface area is 210 Å². The zero-order valence-electron chi connectivity index (χ0n) is 20.8. The van der Waals surface area contributed by atoms with Gasteiger partial charge in [-0.15, -0.1) is 5.10 Å². The summed E-state index contributed by atoms with van der Waals surface area (Å²) in [5.74, 6) is 1.40. The number of H-pyrrole nitrogens is 1. The second-order valence-electron chi connectivity index (χ2n) is 9.39. The molecule has 2 aromatic heterocycles. The fourth-order valence-electron chi connectivity index (χ4n) is 3.80. The molecule has 186 valence electrons. The number of aryl methyl sites for hydroxylation is 1. The molecule has 0 fully saturated rings. The summed E-state index contributed by atoms with van der Waals surface area (Å²) in [7, 11) is 0. The highest BCUT2D eigenvalue weighted by molar-refractivity contribution is 6.01. The Balaban J connectivity index is 1.42. The van der Waals surface area contributed by atoms with Crippen molar-refractivity contribution >= 4 is 11.7 Å². The van der Waals surface area contributed by atoms with Crippen molar-refractivity contribution < 1.29 is 14.6 Å². The Morgan fingerprint density at radius 1 is 1.11 bits per heavy atom. The highest BCUT2D eigenvalue weighted by Crippen LogP contribution is 2.29. The first-order valence-corrected chi connectivity index (χ1v) is 12.0. The lowest BCUT2D eigenvalue weighted by molar-refractivity contribution is 0.0641. The first kappa shape index (κ1) is 25.1. The average molecular weight is 486 g/mol. The van der Waals surface area contributed by atoms with Crippen LogP contribution in [-0.4, -0.2) is 43.4 Å². The Hall–Kier alpha value is -4.04. The number of carbonyl (C=O) groups excluding carboxylic acids is 1. The van der Waals surface area contributed by atoms with Gasteiger partial charge in [-0.25, -0.2) is 9.97 Å². The largest absolute Gasteiger partial charge is 0.494 e. The number of benzene rings is 2. The number of anilines is 1. The number of aromatic amines is 1. The highest BCUT2D eigenvalue weighted by atomic mass is 16.5. The van der Waals surface area contributed by atoms with E-state index in [2.05, 4.69) is 25.5 Å². The Bertz CT molecular complexity index is 1310. The van der Waals surface area contributed by atoms with E-state index in [1.807, 2.05) is 67.6 Å². The number of rotatable bonds is 10. The second-order valence-corrected chi connectivity index (χ2v) is 9.39. The topological polar surface area (TPSA) is 113 Å². The van der Waals surface area contributed by atoms with Crippen LogP contribution in [0.4, 0.5) is 5.82 Å². The number of carbonyl (C=O) groups is 1. The van der Waals surface area contributed by atoms with Crippen molar-refractivity contribution in [2.45, 2.75) is 45.6 Å². The monoisotopic (exact) mass is 485 g/mol. The van der Waals surface area contributed by atoms with Gasteiger partial charge in [0.1, 0.15) is 17.4 Å². The quantitative estimate of drug-likeness (QED) is 0.274. The maximum atomic E-state index is 12.7. The second kappa shape index (κ2) is 11.1. The number of ether oxygens (including phenoxy) is 1. The van der Waals surface area contributed by atoms with E-state index in [-0.39, 0.29) is 5.82 Å². The zero-order chi connectivity index (χ0) is 25.5. The SMILES string of the molecule is Cc1ccc(OCCCC(C)(C)O)cc1-c1ccnc(NC(=O)c2n[nH]c(Cc3ccccc3)n2)c1. The third kappa shape index (κ3) is 6.99. The number of pyridine rings is 1. The van der Waals surface area contributed by atoms with Crippen LogP contribution in [0.3, 0.4) is 0 Å². The van der Waals surface area contributed by atoms with Gasteiger partial charge in [0.05, 0.1) is 12.2 Å². The molecule has 2 aromatic carbocycles. The molecule has 0 bridgehead atoms. The van der Waals surface area contributed by atoms with Crippen LogP contribution in [0.15, 0.2) is 66.9 Å². The Kier molecular flexibility index (Phi) is 7.75. The van der Waals surface area contributed by atoms with Gasteiger partial charge in [0.25, 0.3) is 5.91 Å². The van der Waals surface area contributed by atoms with Crippen LogP contribution in [0.5, 0.6) is 5.75 Å². The summed E-state index contributed by atoms with van der Waals surface area (Å²) in [5, 5.41) is 19.5. The first-order chi connectivity index (χ1) is 17.3. The molecule has 0 radical (unpaired) electrons. The summed E-state index contributed by atoms with van der Waals surface area (Å²) in [4.78, 5) is 21.3. The number of aromatic nitrogens is 4. The molecule has 8 nitrogen and oxygen atoms in total. The van der Waals surface area contributed by atoms with Crippen LogP contribution in [-0.2, 0) is 6.42 Å². The van der Waals surface area contributed by atoms with Crippen molar-refractivity contribution in [1.82, 2.24) is 20.2 Å². The first-order valence-electron chi connectivity index (χ1n) is 12.0. The van der Waals surface area contributed by atoms with Crippen molar-refractivity contribution in [3.63, 3.8) is 0 Å². The van der Waals surface area contributed by atoms with Crippen LogP contribution in [0, 0.1) is 6.92 Å². The summed E-state index contributed by atoms with van der Waals surface area (Å²) >= 11 is 0. The zero-order valence-corrected chi connectivity index (χ0v) is 20.8. The lowest BCUT2D eigenvalue weighted by Gasteiger charge is -2.17. The van der Waals surface area contributed by atoms with Gasteiger partial charge >= 0.3 is 0 Å². The molecule has 0 atom stereocenters. The highest BCUT2D eigenvalue weighted by Gasteiger charge is 2.15. The van der Waals surface area contributed by atoms with E-state index >= 15 is 0 Å². The molecular weight excluding hydrogens is 454 g/mol. The van der Waals surface area contributed by atoms with E-state index in [9.17, 15) is 9.90 Å². The van der Waals surface area contributed by atoms with Crippen LogP contribution >= 0.6 is 0 Å². The van der Waals surface area contributed by atoms with Crippen molar-refractivity contribution in [3.8, 4) is 16.9 Å².